The first-order valence-electron chi connectivity index (χ1n) is 22.8. The van der Waals surface area contributed by atoms with Crippen molar-refractivity contribution in [1.82, 2.24) is 15.2 Å². The number of nitrogens with one attached hydrogen (secondary N) is 3. The summed E-state index contributed by atoms with van der Waals surface area (Å²) < 4.78 is 25.3. The molecule has 0 radical (unpaired) electrons. The molecule has 0 saturated carbocycles. The molecular formula is C50H70N4O8Si. The minimum absolute atomic E-state index is 0.0290. The number of pyridine rings is 1. The molecule has 1 aliphatic carbocycles. The van der Waals surface area contributed by atoms with Gasteiger partial charge < -0.3 is 44.3 Å². The third kappa shape index (κ3) is 12.2. The van der Waals surface area contributed by atoms with Gasteiger partial charge in [-0.1, -0.05) is 70.0 Å². The standard InChI is InChI=1S/C50H70N4O8Si/c1-48(2,3)61-47(58)54(33-43(62-63(7,8)49(4,5)6)39-20-22-42(55)45-40(39)21-23-44(56)52-45)30-13-9-10-14-31-59-38-18-15-17-37(32-38)53-50(27-24-36-16-11-12-19-41(36)50)46(57)60-34-35-25-28-51-29-26-35/h11-12,15-23,32,35,43,51,53,55H,9-10,13-14,24-31,33-34H2,1-8H3,(H,52,56)/t43-,50?/m0/s1. The van der Waals surface area contributed by atoms with Gasteiger partial charge in [0, 0.05) is 29.8 Å². The van der Waals surface area contributed by atoms with E-state index >= 15 is 0 Å². The van der Waals surface area contributed by atoms with Crippen molar-refractivity contribution < 1.29 is 33.3 Å². The number of aromatic amines is 1. The average molecular weight is 883 g/mol. The molecule has 0 bridgehead atoms. The maximum Gasteiger partial charge on any atom is 0.410 e. The van der Waals surface area contributed by atoms with Crippen molar-refractivity contribution in [1.29, 1.82) is 0 Å². The summed E-state index contributed by atoms with van der Waals surface area (Å²) in [5.41, 5.74) is 2.08. The molecule has 2 heterocycles. The molecule has 1 amide bonds. The minimum Gasteiger partial charge on any atom is -0.506 e. The molecule has 4 N–H and O–H groups in total. The van der Waals surface area contributed by atoms with E-state index < -0.39 is 31.7 Å². The number of hydrogen-bond acceptors (Lipinski definition) is 10. The zero-order valence-corrected chi connectivity index (χ0v) is 39.7. The molecule has 3 aromatic carbocycles. The number of H-pyrrole nitrogens is 1. The number of phenolic OH excluding ortho intramolecular Hbond substituents is 1. The van der Waals surface area contributed by atoms with Crippen molar-refractivity contribution in [2.75, 3.05) is 44.7 Å². The molecule has 63 heavy (non-hydrogen) atoms. The number of esters is 1. The summed E-state index contributed by atoms with van der Waals surface area (Å²) in [4.78, 5) is 44.6. The number of phenols is 1. The Kier molecular flexibility index (Phi) is 15.4. The normalized spacial score (nSPS) is 17.5. The van der Waals surface area contributed by atoms with Gasteiger partial charge in [0.15, 0.2) is 13.9 Å². The lowest BCUT2D eigenvalue weighted by Crippen LogP contribution is -2.46. The van der Waals surface area contributed by atoms with Gasteiger partial charge in [-0.25, -0.2) is 9.59 Å². The Morgan fingerprint density at radius 3 is 2.43 bits per heavy atom. The molecule has 4 aromatic rings. The number of unbranched alkanes of at least 4 members (excludes halogenated alkanes) is 3. The third-order valence-electron chi connectivity index (χ3n) is 12.8. The van der Waals surface area contributed by atoms with Crippen LogP contribution in [0.5, 0.6) is 11.5 Å². The number of nitrogens with zero attached hydrogens (tertiary/aromatic N) is 1. The van der Waals surface area contributed by atoms with E-state index in [9.17, 15) is 19.5 Å². The van der Waals surface area contributed by atoms with Crippen LogP contribution in [0.15, 0.2) is 77.6 Å². The number of aromatic hydroxyl groups is 1. The summed E-state index contributed by atoms with van der Waals surface area (Å²) >= 11 is 0. The van der Waals surface area contributed by atoms with Gasteiger partial charge in [-0.3, -0.25) is 4.79 Å². The maximum atomic E-state index is 14.0. The highest BCUT2D eigenvalue weighted by atomic mass is 28.4. The van der Waals surface area contributed by atoms with E-state index in [0.29, 0.717) is 43.0 Å². The van der Waals surface area contributed by atoms with E-state index in [4.69, 9.17) is 18.6 Å². The van der Waals surface area contributed by atoms with Gasteiger partial charge in [0.05, 0.1) is 31.4 Å². The Bertz CT molecular complexity index is 2240. The lowest BCUT2D eigenvalue weighted by Gasteiger charge is -2.41. The number of hydrogen-bond donors (Lipinski definition) is 4. The molecule has 1 unspecified atom stereocenters. The summed E-state index contributed by atoms with van der Waals surface area (Å²) in [6.45, 7) is 20.0. The van der Waals surface area contributed by atoms with E-state index in [-0.39, 0.29) is 28.9 Å². The van der Waals surface area contributed by atoms with Crippen LogP contribution >= 0.6 is 0 Å². The Hall–Kier alpha value is -4.85. The van der Waals surface area contributed by atoms with Crippen molar-refractivity contribution in [3.8, 4) is 11.5 Å². The van der Waals surface area contributed by atoms with E-state index in [2.05, 4.69) is 55.5 Å². The topological polar surface area (TPSA) is 151 Å². The molecule has 0 spiro atoms. The van der Waals surface area contributed by atoms with Gasteiger partial charge in [-0.2, -0.15) is 0 Å². The largest absolute Gasteiger partial charge is 0.506 e. The molecular weight excluding hydrogens is 813 g/mol. The predicted octanol–water partition coefficient (Wildman–Crippen LogP) is 9.97. The quantitative estimate of drug-likeness (QED) is 0.0432. The van der Waals surface area contributed by atoms with Crippen LogP contribution in [0.4, 0.5) is 10.5 Å². The molecule has 13 heteroatoms. The lowest BCUT2D eigenvalue weighted by molar-refractivity contribution is -0.151. The number of aromatic nitrogens is 1. The number of rotatable bonds is 18. The fourth-order valence-corrected chi connectivity index (χ4v) is 9.55. The fraction of sp³-hybridized carbons (Fsp3) is 0.540. The molecule has 1 fully saturated rings. The van der Waals surface area contributed by atoms with E-state index in [1.807, 2.05) is 69.3 Å². The van der Waals surface area contributed by atoms with Gasteiger partial charge >= 0.3 is 12.1 Å². The van der Waals surface area contributed by atoms with Crippen LogP contribution in [0, 0.1) is 5.92 Å². The van der Waals surface area contributed by atoms with Crippen LogP contribution in [-0.2, 0) is 30.7 Å². The number of carbonyl (C=O) groups is 2. The number of carbonyl (C=O) groups excluding carboxylic acids is 2. The number of benzene rings is 3. The molecule has 2 atom stereocenters. The summed E-state index contributed by atoms with van der Waals surface area (Å²) in [6.07, 6.45) is 5.78. The number of ether oxygens (including phenoxy) is 3. The zero-order chi connectivity index (χ0) is 45.4. The van der Waals surface area contributed by atoms with Gasteiger partial charge in [-0.05, 0) is 137 Å². The number of piperidine rings is 1. The highest BCUT2D eigenvalue weighted by Crippen LogP contribution is 2.43. The Morgan fingerprint density at radius 1 is 0.937 bits per heavy atom. The fourth-order valence-electron chi connectivity index (χ4n) is 8.28. The van der Waals surface area contributed by atoms with Crippen molar-refractivity contribution in [3.05, 3.63) is 99.8 Å². The van der Waals surface area contributed by atoms with Crippen LogP contribution in [0.1, 0.15) is 109 Å². The number of fused-ring (bicyclic) bond motifs is 2. The van der Waals surface area contributed by atoms with Gasteiger partial charge in [0.1, 0.15) is 17.1 Å². The van der Waals surface area contributed by atoms with Crippen LogP contribution in [0.2, 0.25) is 18.1 Å². The van der Waals surface area contributed by atoms with Gasteiger partial charge in [0.2, 0.25) is 5.56 Å². The van der Waals surface area contributed by atoms with Crippen molar-refractivity contribution in [3.63, 3.8) is 0 Å². The molecule has 6 rings (SSSR count). The van der Waals surface area contributed by atoms with Crippen LogP contribution < -0.4 is 20.9 Å². The van der Waals surface area contributed by atoms with Gasteiger partial charge in [0.25, 0.3) is 0 Å². The van der Waals surface area contributed by atoms with Crippen LogP contribution in [0.25, 0.3) is 10.9 Å². The number of aryl methyl sites for hydroxylation is 1. The molecule has 342 valence electrons. The Labute approximate surface area is 374 Å². The summed E-state index contributed by atoms with van der Waals surface area (Å²) in [6, 6.07) is 22.5. The number of amides is 1. The summed E-state index contributed by atoms with van der Waals surface area (Å²) in [5.74, 6) is 0.835. The summed E-state index contributed by atoms with van der Waals surface area (Å²) in [7, 11) is -2.39. The molecule has 2 aliphatic rings. The molecule has 12 nitrogen and oxygen atoms in total. The first-order chi connectivity index (χ1) is 29.8. The SMILES string of the molecule is CC(C)(C)OC(=O)N(CCCCCCOc1cccc(NC2(C(=O)OCC3CCNCC3)CCc3ccccc32)c1)C[C@H](O[Si](C)(C)C(C)(C)C)c1ccc(O)c2[nH]c(=O)ccc12. The second-order valence-corrected chi connectivity index (χ2v) is 24.6. The van der Waals surface area contributed by atoms with E-state index in [1.165, 1.54) is 6.07 Å². The van der Waals surface area contributed by atoms with Crippen LogP contribution in [0.3, 0.4) is 0 Å². The minimum atomic E-state index is -2.39. The first kappa shape index (κ1) is 47.6. The maximum absolute atomic E-state index is 14.0. The predicted molar refractivity (Wildman–Crippen MR) is 252 cm³/mol. The highest BCUT2D eigenvalue weighted by Gasteiger charge is 2.47. The third-order valence-corrected chi connectivity index (χ3v) is 17.3. The first-order valence-corrected chi connectivity index (χ1v) is 25.7. The zero-order valence-electron chi connectivity index (χ0n) is 38.7. The Balaban J connectivity index is 1.08. The van der Waals surface area contributed by atoms with E-state index in [0.717, 1.165) is 86.2 Å². The summed E-state index contributed by atoms with van der Waals surface area (Å²) in [5, 5.41) is 18.2. The molecule has 1 aliphatic heterocycles. The highest BCUT2D eigenvalue weighted by molar-refractivity contribution is 6.74. The van der Waals surface area contributed by atoms with Crippen molar-refractivity contribution >= 4 is 37.0 Å². The van der Waals surface area contributed by atoms with E-state index in [1.54, 1.807) is 17.0 Å². The van der Waals surface area contributed by atoms with Gasteiger partial charge in [-0.15, -0.1) is 0 Å². The molecule has 1 aromatic heterocycles. The number of anilines is 1. The Morgan fingerprint density at radius 2 is 1.68 bits per heavy atom. The van der Waals surface area contributed by atoms with Crippen molar-refractivity contribution in [2.45, 2.75) is 128 Å². The smallest absolute Gasteiger partial charge is 0.410 e. The second kappa shape index (κ2) is 20.3. The second-order valence-electron chi connectivity index (χ2n) is 19.8. The lowest BCUT2D eigenvalue weighted by atomic mass is 9.91. The van der Waals surface area contributed by atoms with Crippen LogP contribution in [-0.4, -0.2) is 80.4 Å². The molecule has 1 saturated heterocycles. The monoisotopic (exact) mass is 882 g/mol. The average Bonchev–Trinajstić information content (AvgIpc) is 3.60. The van der Waals surface area contributed by atoms with Crippen molar-refractivity contribution in [2.24, 2.45) is 5.92 Å².